The normalized spacial score (nSPS) is 20.2. The summed E-state index contributed by atoms with van der Waals surface area (Å²) in [6.07, 6.45) is 3.87. The van der Waals surface area contributed by atoms with E-state index in [0.717, 1.165) is 31.4 Å². The Morgan fingerprint density at radius 1 is 1.25 bits per heavy atom. The summed E-state index contributed by atoms with van der Waals surface area (Å²) < 4.78 is 11.8. The highest BCUT2D eigenvalue weighted by Crippen LogP contribution is 2.39. The molecular weight excluding hydrogens is 432 g/mol. The SMILES string of the molecule is COc1ccc2nc(N3CC4COCC(C4)C3)sc2c1C(=O)Nc1cnccc1C(=O)O. The zero-order chi connectivity index (χ0) is 22.2. The average Bonchev–Trinajstić information content (AvgIpc) is 3.22. The van der Waals surface area contributed by atoms with Gasteiger partial charge in [-0.1, -0.05) is 11.3 Å². The van der Waals surface area contributed by atoms with Crippen molar-refractivity contribution >= 4 is 44.2 Å². The standard InChI is InChI=1S/C22H22N4O5S/c1-30-17-3-2-15-19(18(17)20(27)24-16-7-23-5-4-14(16)21(28)29)32-22(25-15)26-8-12-6-13(9-26)11-31-10-12/h2-5,7,12-13H,6,8-11H2,1H3,(H,24,27)(H,28,29). The molecule has 166 valence electrons. The molecule has 2 N–H and O–H groups in total. The Bertz CT molecular complexity index is 1180. The molecule has 9 nitrogen and oxygen atoms in total. The maximum Gasteiger partial charge on any atom is 0.337 e. The van der Waals surface area contributed by atoms with Gasteiger partial charge in [-0.15, -0.1) is 0 Å². The van der Waals surface area contributed by atoms with Crippen LogP contribution in [0.3, 0.4) is 0 Å². The lowest BCUT2D eigenvalue weighted by Crippen LogP contribution is -2.46. The molecule has 2 atom stereocenters. The van der Waals surface area contributed by atoms with Gasteiger partial charge in [-0.3, -0.25) is 9.78 Å². The van der Waals surface area contributed by atoms with E-state index in [1.54, 1.807) is 6.07 Å². The molecule has 2 saturated heterocycles. The highest BCUT2D eigenvalue weighted by molar-refractivity contribution is 7.22. The second kappa shape index (κ2) is 8.36. The molecular formula is C22H22N4O5S. The second-order valence-corrected chi connectivity index (χ2v) is 9.06. The Hall–Kier alpha value is -3.24. The third kappa shape index (κ3) is 3.76. The summed E-state index contributed by atoms with van der Waals surface area (Å²) in [6.45, 7) is 3.31. The zero-order valence-electron chi connectivity index (χ0n) is 17.4. The van der Waals surface area contributed by atoms with E-state index in [2.05, 4.69) is 15.2 Å². The number of pyridine rings is 1. The number of fused-ring (bicyclic) bond motifs is 3. The van der Waals surface area contributed by atoms with Gasteiger partial charge < -0.3 is 24.8 Å². The number of carbonyl (C=O) groups excluding carboxylic acids is 1. The number of benzene rings is 1. The quantitative estimate of drug-likeness (QED) is 0.605. The summed E-state index contributed by atoms with van der Waals surface area (Å²) in [5.41, 5.74) is 1.12. The first-order valence-electron chi connectivity index (χ1n) is 10.3. The molecule has 2 aromatic heterocycles. The summed E-state index contributed by atoms with van der Waals surface area (Å²) in [5, 5.41) is 13.0. The number of hydrogen-bond acceptors (Lipinski definition) is 8. The minimum absolute atomic E-state index is 0.0356. The number of ether oxygens (including phenoxy) is 2. The van der Waals surface area contributed by atoms with Crippen LogP contribution in [-0.4, -0.2) is 60.4 Å². The fraction of sp³-hybridized carbons (Fsp3) is 0.364. The second-order valence-electron chi connectivity index (χ2n) is 8.08. The minimum atomic E-state index is -1.15. The molecule has 10 heteroatoms. The first kappa shape index (κ1) is 20.7. The van der Waals surface area contributed by atoms with Crippen LogP contribution < -0.4 is 15.0 Å². The van der Waals surface area contributed by atoms with Gasteiger partial charge in [0, 0.05) is 31.1 Å². The van der Waals surface area contributed by atoms with E-state index in [4.69, 9.17) is 14.5 Å². The summed E-state index contributed by atoms with van der Waals surface area (Å²) in [6, 6.07) is 4.89. The number of methoxy groups -OCH3 is 1. The topological polar surface area (TPSA) is 114 Å². The number of hydrogen-bond donors (Lipinski definition) is 2. The lowest BCUT2D eigenvalue weighted by Gasteiger charge is -2.41. The van der Waals surface area contributed by atoms with Gasteiger partial charge in [0.25, 0.3) is 5.91 Å². The smallest absolute Gasteiger partial charge is 0.337 e. The van der Waals surface area contributed by atoms with Crippen molar-refractivity contribution in [2.75, 3.05) is 43.6 Å². The third-order valence-electron chi connectivity index (χ3n) is 5.86. The largest absolute Gasteiger partial charge is 0.496 e. The molecule has 2 aliphatic heterocycles. The summed E-state index contributed by atoms with van der Waals surface area (Å²) >= 11 is 1.45. The zero-order valence-corrected chi connectivity index (χ0v) is 18.2. The van der Waals surface area contributed by atoms with Crippen molar-refractivity contribution in [1.29, 1.82) is 0 Å². The molecule has 2 fully saturated rings. The van der Waals surface area contributed by atoms with Crippen molar-refractivity contribution < 1.29 is 24.2 Å². The van der Waals surface area contributed by atoms with E-state index >= 15 is 0 Å². The van der Waals surface area contributed by atoms with Gasteiger partial charge in [0.05, 0.1) is 48.0 Å². The lowest BCUT2D eigenvalue weighted by atomic mass is 9.88. The number of carbonyl (C=O) groups is 2. The van der Waals surface area contributed by atoms with Crippen LogP contribution in [0.1, 0.15) is 27.1 Å². The predicted octanol–water partition coefficient (Wildman–Crippen LogP) is 3.12. The first-order chi connectivity index (χ1) is 15.5. The van der Waals surface area contributed by atoms with Crippen LogP contribution in [-0.2, 0) is 4.74 Å². The Morgan fingerprint density at radius 2 is 2.03 bits per heavy atom. The maximum atomic E-state index is 13.3. The van der Waals surface area contributed by atoms with Gasteiger partial charge in [0.1, 0.15) is 11.3 Å². The van der Waals surface area contributed by atoms with Gasteiger partial charge in [0.15, 0.2) is 5.13 Å². The van der Waals surface area contributed by atoms with Crippen molar-refractivity contribution in [3.8, 4) is 5.75 Å². The molecule has 32 heavy (non-hydrogen) atoms. The molecule has 0 aliphatic carbocycles. The summed E-state index contributed by atoms with van der Waals surface area (Å²) in [7, 11) is 1.50. The van der Waals surface area contributed by atoms with Crippen LogP contribution in [0.25, 0.3) is 10.2 Å². The Kier molecular flexibility index (Phi) is 5.40. The molecule has 3 aromatic rings. The number of aromatic nitrogens is 2. The average molecular weight is 455 g/mol. The van der Waals surface area contributed by atoms with E-state index in [1.165, 1.54) is 43.3 Å². The van der Waals surface area contributed by atoms with Crippen molar-refractivity contribution in [2.24, 2.45) is 11.8 Å². The number of carboxylic acid groups (broad SMARTS) is 1. The monoisotopic (exact) mass is 454 g/mol. The summed E-state index contributed by atoms with van der Waals surface area (Å²) in [4.78, 5) is 35.8. The van der Waals surface area contributed by atoms with Crippen LogP contribution in [0.5, 0.6) is 5.75 Å². The van der Waals surface area contributed by atoms with Gasteiger partial charge in [-0.25, -0.2) is 9.78 Å². The van der Waals surface area contributed by atoms with E-state index in [1.807, 2.05) is 6.07 Å². The first-order valence-corrected chi connectivity index (χ1v) is 11.1. The molecule has 2 unspecified atom stereocenters. The minimum Gasteiger partial charge on any atom is -0.496 e. The Labute approximate surface area is 188 Å². The third-order valence-corrected chi connectivity index (χ3v) is 7.01. The highest BCUT2D eigenvalue weighted by Gasteiger charge is 2.33. The molecule has 1 amide bonds. The van der Waals surface area contributed by atoms with Crippen LogP contribution in [0.2, 0.25) is 0 Å². The number of anilines is 2. The number of thiazole rings is 1. The van der Waals surface area contributed by atoms with Gasteiger partial charge >= 0.3 is 5.97 Å². The van der Waals surface area contributed by atoms with Crippen molar-refractivity contribution in [3.63, 3.8) is 0 Å². The number of rotatable bonds is 5. The van der Waals surface area contributed by atoms with Crippen LogP contribution >= 0.6 is 11.3 Å². The number of nitrogens with one attached hydrogen (secondary N) is 1. The number of amides is 1. The van der Waals surface area contributed by atoms with Crippen LogP contribution in [0.4, 0.5) is 10.8 Å². The van der Waals surface area contributed by atoms with Crippen LogP contribution in [0, 0.1) is 11.8 Å². The van der Waals surface area contributed by atoms with E-state index in [-0.39, 0.29) is 11.3 Å². The molecule has 2 bridgehead atoms. The predicted molar refractivity (Wildman–Crippen MR) is 120 cm³/mol. The lowest BCUT2D eigenvalue weighted by molar-refractivity contribution is 0.00624. The number of aromatic carboxylic acids is 1. The molecule has 5 rings (SSSR count). The summed E-state index contributed by atoms with van der Waals surface area (Å²) in [5.74, 6) is -0.233. The van der Waals surface area contributed by atoms with E-state index in [9.17, 15) is 14.7 Å². The molecule has 1 aromatic carbocycles. The van der Waals surface area contributed by atoms with Gasteiger partial charge in [0.2, 0.25) is 0 Å². The number of piperidine rings is 1. The van der Waals surface area contributed by atoms with Crippen molar-refractivity contribution in [2.45, 2.75) is 6.42 Å². The van der Waals surface area contributed by atoms with Gasteiger partial charge in [-0.05, 0) is 24.6 Å². The molecule has 4 heterocycles. The van der Waals surface area contributed by atoms with Gasteiger partial charge in [-0.2, -0.15) is 0 Å². The van der Waals surface area contributed by atoms with Crippen molar-refractivity contribution in [1.82, 2.24) is 9.97 Å². The van der Waals surface area contributed by atoms with E-state index in [0.29, 0.717) is 33.4 Å². The molecule has 0 spiro atoms. The van der Waals surface area contributed by atoms with E-state index < -0.39 is 11.9 Å². The fourth-order valence-corrected chi connectivity index (χ4v) is 5.58. The fourth-order valence-electron chi connectivity index (χ4n) is 4.47. The van der Waals surface area contributed by atoms with Crippen molar-refractivity contribution in [3.05, 3.63) is 41.7 Å². The number of carboxylic acids is 1. The van der Waals surface area contributed by atoms with Crippen LogP contribution in [0.15, 0.2) is 30.6 Å². The number of nitrogens with zero attached hydrogens (tertiary/aromatic N) is 3. The Morgan fingerprint density at radius 3 is 2.75 bits per heavy atom. The molecule has 2 aliphatic rings. The Balaban J connectivity index is 1.51. The highest BCUT2D eigenvalue weighted by atomic mass is 32.1. The maximum absolute atomic E-state index is 13.3. The molecule has 0 radical (unpaired) electrons. The molecule has 0 saturated carbocycles.